The second-order valence-electron chi connectivity index (χ2n) is 6.70. The molecule has 0 saturated carbocycles. The molecule has 0 aliphatic carbocycles. The Kier molecular flexibility index (Phi) is 5.04. The number of nitrogens with one attached hydrogen (secondary N) is 1. The Balaban J connectivity index is 1.96. The third-order valence-electron chi connectivity index (χ3n) is 5.08. The summed E-state index contributed by atoms with van der Waals surface area (Å²) in [4.78, 5) is 16.7. The van der Waals surface area contributed by atoms with Gasteiger partial charge in [-0.15, -0.1) is 0 Å². The molecule has 0 bridgehead atoms. The molecule has 5 nitrogen and oxygen atoms in total. The lowest BCUT2D eigenvalue weighted by Crippen LogP contribution is -2.62. The van der Waals surface area contributed by atoms with Crippen LogP contribution in [0.5, 0.6) is 0 Å². The summed E-state index contributed by atoms with van der Waals surface area (Å²) in [6, 6.07) is 0.735. The molecule has 1 amide bonds. The molecule has 0 aromatic rings. The molecule has 3 N–H and O–H groups in total. The lowest BCUT2D eigenvalue weighted by Gasteiger charge is -2.47. The van der Waals surface area contributed by atoms with E-state index in [1.165, 1.54) is 25.8 Å². The van der Waals surface area contributed by atoms with Gasteiger partial charge in [0.15, 0.2) is 0 Å². The van der Waals surface area contributed by atoms with Crippen molar-refractivity contribution >= 4 is 5.91 Å². The van der Waals surface area contributed by atoms with Crippen molar-refractivity contribution in [1.29, 1.82) is 0 Å². The zero-order chi connectivity index (χ0) is 14.8. The number of primary amides is 1. The lowest BCUT2D eigenvalue weighted by atomic mass is 9.83. The number of carbonyl (C=O) groups is 1. The van der Waals surface area contributed by atoms with Gasteiger partial charge in [0.1, 0.15) is 5.54 Å². The van der Waals surface area contributed by atoms with Crippen molar-refractivity contribution in [3.8, 4) is 0 Å². The van der Waals surface area contributed by atoms with Gasteiger partial charge in [0.25, 0.3) is 0 Å². The van der Waals surface area contributed by atoms with Crippen LogP contribution in [-0.4, -0.2) is 67.1 Å². The summed E-state index contributed by atoms with van der Waals surface area (Å²) in [5.41, 5.74) is 4.98. The smallest absolute Gasteiger partial charge is 0.238 e. The van der Waals surface area contributed by atoms with Crippen molar-refractivity contribution in [3.63, 3.8) is 0 Å². The number of likely N-dealkylation sites (tertiary alicyclic amines) is 2. The molecule has 2 aliphatic rings. The molecule has 0 aromatic carbocycles. The van der Waals surface area contributed by atoms with Gasteiger partial charge in [0.2, 0.25) is 5.91 Å². The largest absolute Gasteiger partial charge is 0.368 e. The van der Waals surface area contributed by atoms with Crippen LogP contribution < -0.4 is 11.1 Å². The lowest BCUT2D eigenvalue weighted by molar-refractivity contribution is -0.125. The second kappa shape index (κ2) is 6.41. The maximum atomic E-state index is 11.7. The van der Waals surface area contributed by atoms with Crippen molar-refractivity contribution in [1.82, 2.24) is 15.1 Å². The van der Waals surface area contributed by atoms with Crippen LogP contribution in [0.2, 0.25) is 0 Å². The standard InChI is InChI=1S/C15H30N4O/c1-4-17-15(2,14(16)20)11-19-9-7-13-12(10-19)6-5-8-18(13)3/h12-13,17H,4-11H2,1-3H3,(H2,16,20). The summed E-state index contributed by atoms with van der Waals surface area (Å²) in [5, 5.41) is 3.26. The first-order valence-corrected chi connectivity index (χ1v) is 7.94. The fourth-order valence-electron chi connectivity index (χ4n) is 3.93. The van der Waals surface area contributed by atoms with E-state index in [2.05, 4.69) is 22.2 Å². The van der Waals surface area contributed by atoms with E-state index in [0.717, 1.165) is 38.1 Å². The molecule has 0 aromatic heterocycles. The third-order valence-corrected chi connectivity index (χ3v) is 5.08. The van der Waals surface area contributed by atoms with Crippen LogP contribution in [0.3, 0.4) is 0 Å². The summed E-state index contributed by atoms with van der Waals surface area (Å²) in [5.74, 6) is 0.503. The second-order valence-corrected chi connectivity index (χ2v) is 6.70. The number of nitrogens with zero attached hydrogens (tertiary/aromatic N) is 2. The van der Waals surface area contributed by atoms with E-state index < -0.39 is 5.54 Å². The summed E-state index contributed by atoms with van der Waals surface area (Å²) in [7, 11) is 2.25. The molecule has 5 heteroatoms. The van der Waals surface area contributed by atoms with Gasteiger partial charge in [-0.1, -0.05) is 6.92 Å². The molecule has 2 rings (SSSR count). The van der Waals surface area contributed by atoms with Gasteiger partial charge in [-0.05, 0) is 58.8 Å². The highest BCUT2D eigenvalue weighted by Crippen LogP contribution is 2.30. The first-order chi connectivity index (χ1) is 9.46. The average molecular weight is 282 g/mol. The van der Waals surface area contributed by atoms with E-state index in [1.807, 2.05) is 13.8 Å². The Bertz CT molecular complexity index is 349. The third kappa shape index (κ3) is 3.32. The molecule has 3 atom stereocenters. The number of amides is 1. The summed E-state index contributed by atoms with van der Waals surface area (Å²) in [6.07, 6.45) is 3.83. The van der Waals surface area contributed by atoms with E-state index in [-0.39, 0.29) is 5.91 Å². The Morgan fingerprint density at radius 3 is 2.80 bits per heavy atom. The fourth-order valence-corrected chi connectivity index (χ4v) is 3.93. The zero-order valence-electron chi connectivity index (χ0n) is 13.2. The van der Waals surface area contributed by atoms with Crippen LogP contribution in [0.15, 0.2) is 0 Å². The Morgan fingerprint density at radius 2 is 2.15 bits per heavy atom. The van der Waals surface area contributed by atoms with E-state index in [9.17, 15) is 4.79 Å². The molecule has 0 radical (unpaired) electrons. The number of hydrogen-bond donors (Lipinski definition) is 2. The first kappa shape index (κ1) is 15.7. The van der Waals surface area contributed by atoms with Crippen LogP contribution in [0.25, 0.3) is 0 Å². The number of nitrogens with two attached hydrogens (primary N) is 1. The highest BCUT2D eigenvalue weighted by atomic mass is 16.1. The quantitative estimate of drug-likeness (QED) is 0.759. The maximum absolute atomic E-state index is 11.7. The van der Waals surface area contributed by atoms with Crippen molar-refractivity contribution < 1.29 is 4.79 Å². The van der Waals surface area contributed by atoms with Crippen LogP contribution in [0, 0.1) is 5.92 Å². The summed E-state index contributed by atoms with van der Waals surface area (Å²) in [6.45, 7) is 8.84. The van der Waals surface area contributed by atoms with Gasteiger partial charge in [-0.2, -0.15) is 0 Å². The van der Waals surface area contributed by atoms with E-state index in [1.54, 1.807) is 0 Å². The molecule has 20 heavy (non-hydrogen) atoms. The highest BCUT2D eigenvalue weighted by molar-refractivity contribution is 5.84. The molecule has 2 aliphatic heterocycles. The zero-order valence-corrected chi connectivity index (χ0v) is 13.2. The maximum Gasteiger partial charge on any atom is 0.238 e. The van der Waals surface area contributed by atoms with Crippen LogP contribution >= 0.6 is 0 Å². The van der Waals surface area contributed by atoms with Crippen molar-refractivity contribution in [3.05, 3.63) is 0 Å². The Morgan fingerprint density at radius 1 is 1.40 bits per heavy atom. The molecule has 2 fully saturated rings. The number of piperidine rings is 2. The van der Waals surface area contributed by atoms with E-state index >= 15 is 0 Å². The van der Waals surface area contributed by atoms with Crippen molar-refractivity contribution in [2.45, 2.75) is 44.7 Å². The molecular weight excluding hydrogens is 252 g/mol. The van der Waals surface area contributed by atoms with Crippen molar-refractivity contribution in [2.24, 2.45) is 11.7 Å². The predicted molar refractivity (Wildman–Crippen MR) is 81.5 cm³/mol. The highest BCUT2D eigenvalue weighted by Gasteiger charge is 2.38. The molecule has 2 heterocycles. The molecule has 3 unspecified atom stereocenters. The monoisotopic (exact) mass is 282 g/mol. The molecular formula is C15H30N4O. The number of rotatable bonds is 5. The predicted octanol–water partition coefficient (Wildman–Crippen LogP) is 0.256. The molecule has 2 saturated heterocycles. The fraction of sp³-hybridized carbons (Fsp3) is 0.933. The topological polar surface area (TPSA) is 61.6 Å². The van der Waals surface area contributed by atoms with Crippen LogP contribution in [-0.2, 0) is 4.79 Å². The SMILES string of the molecule is CCNC(C)(CN1CCC2C(CCCN2C)C1)C(N)=O. The number of fused-ring (bicyclic) bond motifs is 1. The number of carbonyl (C=O) groups excluding carboxylic acids is 1. The summed E-state index contributed by atoms with van der Waals surface area (Å²) < 4.78 is 0. The normalized spacial score (nSPS) is 31.6. The molecule has 116 valence electrons. The van der Waals surface area contributed by atoms with Crippen LogP contribution in [0.4, 0.5) is 0 Å². The minimum atomic E-state index is -0.609. The van der Waals surface area contributed by atoms with Crippen LogP contribution in [0.1, 0.15) is 33.1 Å². The van der Waals surface area contributed by atoms with Gasteiger partial charge >= 0.3 is 0 Å². The Hall–Kier alpha value is -0.650. The van der Waals surface area contributed by atoms with Gasteiger partial charge in [0.05, 0.1) is 0 Å². The first-order valence-electron chi connectivity index (χ1n) is 7.94. The minimum Gasteiger partial charge on any atom is -0.368 e. The van der Waals surface area contributed by atoms with Gasteiger partial charge < -0.3 is 20.9 Å². The van der Waals surface area contributed by atoms with E-state index in [0.29, 0.717) is 0 Å². The van der Waals surface area contributed by atoms with Gasteiger partial charge in [-0.3, -0.25) is 4.79 Å². The minimum absolute atomic E-state index is 0.248. The Labute approximate surface area is 122 Å². The van der Waals surface area contributed by atoms with E-state index in [4.69, 9.17) is 5.73 Å². The average Bonchev–Trinajstić information content (AvgIpc) is 2.39. The number of hydrogen-bond acceptors (Lipinski definition) is 4. The van der Waals surface area contributed by atoms with Gasteiger partial charge in [0, 0.05) is 19.1 Å². The van der Waals surface area contributed by atoms with Gasteiger partial charge in [-0.25, -0.2) is 0 Å². The van der Waals surface area contributed by atoms with Crippen molar-refractivity contribution in [2.75, 3.05) is 39.8 Å². The number of likely N-dealkylation sites (N-methyl/N-ethyl adjacent to an activating group) is 1. The molecule has 0 spiro atoms. The summed E-state index contributed by atoms with van der Waals surface area (Å²) >= 11 is 0.